The van der Waals surface area contributed by atoms with Crippen LogP contribution in [0, 0.1) is 5.82 Å². The lowest BCUT2D eigenvalue weighted by atomic mass is 10.1. The van der Waals surface area contributed by atoms with E-state index in [-0.39, 0.29) is 18.1 Å². The minimum Gasteiger partial charge on any atom is -0.507 e. The van der Waals surface area contributed by atoms with Gasteiger partial charge in [-0.25, -0.2) is 9.18 Å². The first-order chi connectivity index (χ1) is 11.1. The third kappa shape index (κ3) is 3.40. The van der Waals surface area contributed by atoms with Gasteiger partial charge in [0.05, 0.1) is 5.69 Å². The average Bonchev–Trinajstić information content (AvgIpc) is 2.54. The highest BCUT2D eigenvalue weighted by atomic mass is 19.1. The first kappa shape index (κ1) is 14.8. The van der Waals surface area contributed by atoms with Gasteiger partial charge in [-0.15, -0.1) is 0 Å². The van der Waals surface area contributed by atoms with Crippen LogP contribution in [0.3, 0.4) is 0 Å². The molecule has 0 heterocycles. The van der Waals surface area contributed by atoms with Gasteiger partial charge in [0.1, 0.15) is 11.6 Å². The number of amides is 2. The lowest BCUT2D eigenvalue weighted by Crippen LogP contribution is -2.28. The van der Waals surface area contributed by atoms with E-state index < -0.39 is 6.03 Å². The summed E-state index contributed by atoms with van der Waals surface area (Å²) in [7, 11) is 0. The molecule has 4 nitrogen and oxygen atoms in total. The molecule has 0 fully saturated rings. The van der Waals surface area contributed by atoms with Crippen LogP contribution in [0.5, 0.6) is 5.75 Å². The van der Waals surface area contributed by atoms with E-state index in [1.54, 1.807) is 42.5 Å². The molecule has 0 saturated carbocycles. The maximum atomic E-state index is 13.1. The molecule has 0 aromatic heterocycles. The van der Waals surface area contributed by atoms with Crippen molar-refractivity contribution in [3.63, 3.8) is 0 Å². The highest BCUT2D eigenvalue weighted by Crippen LogP contribution is 2.29. The summed E-state index contributed by atoms with van der Waals surface area (Å²) >= 11 is 0. The largest absolute Gasteiger partial charge is 0.507 e. The molecule has 0 bridgehead atoms. The topological polar surface area (TPSA) is 61.4 Å². The molecule has 0 saturated heterocycles. The van der Waals surface area contributed by atoms with Crippen molar-refractivity contribution in [1.29, 1.82) is 0 Å². The Labute approximate surface area is 132 Å². The van der Waals surface area contributed by atoms with Crippen molar-refractivity contribution in [3.05, 3.63) is 72.0 Å². The number of hydrogen-bond donors (Lipinski definition) is 3. The summed E-state index contributed by atoms with van der Waals surface area (Å²) < 4.78 is 13.1. The van der Waals surface area contributed by atoms with E-state index in [0.29, 0.717) is 16.6 Å². The van der Waals surface area contributed by atoms with Crippen LogP contribution in [0.15, 0.2) is 60.7 Å². The molecular formula is C18H15FN2O2. The summed E-state index contributed by atoms with van der Waals surface area (Å²) in [5.41, 5.74) is 1.27. The summed E-state index contributed by atoms with van der Waals surface area (Å²) in [5.74, 6) is -0.180. The quantitative estimate of drug-likeness (QED) is 0.684. The summed E-state index contributed by atoms with van der Waals surface area (Å²) in [5, 5.41) is 16.7. The third-order valence-corrected chi connectivity index (χ3v) is 3.49. The third-order valence-electron chi connectivity index (χ3n) is 3.49. The van der Waals surface area contributed by atoms with Gasteiger partial charge in [-0.3, -0.25) is 0 Å². The Bertz CT molecular complexity index is 865. The molecular weight excluding hydrogens is 295 g/mol. The number of hydrogen-bond acceptors (Lipinski definition) is 2. The van der Waals surface area contributed by atoms with Crippen molar-refractivity contribution in [1.82, 2.24) is 5.32 Å². The maximum absolute atomic E-state index is 13.1. The van der Waals surface area contributed by atoms with Crippen molar-refractivity contribution in [2.45, 2.75) is 6.54 Å². The Balaban J connectivity index is 1.72. The molecule has 0 atom stereocenters. The number of anilines is 1. The molecule has 5 heteroatoms. The number of urea groups is 1. The van der Waals surface area contributed by atoms with E-state index in [1.165, 1.54) is 12.1 Å². The molecule has 2 amide bonds. The molecule has 0 aliphatic carbocycles. The first-order valence-electron chi connectivity index (χ1n) is 7.13. The molecule has 0 radical (unpaired) electrons. The van der Waals surface area contributed by atoms with Crippen LogP contribution in [0.2, 0.25) is 0 Å². The molecule has 3 aromatic carbocycles. The van der Waals surface area contributed by atoms with Gasteiger partial charge in [-0.05, 0) is 29.8 Å². The van der Waals surface area contributed by atoms with Crippen molar-refractivity contribution >= 4 is 22.5 Å². The lowest BCUT2D eigenvalue weighted by Gasteiger charge is -2.11. The van der Waals surface area contributed by atoms with Crippen LogP contribution in [0.25, 0.3) is 10.8 Å². The van der Waals surface area contributed by atoms with Crippen LogP contribution in [-0.4, -0.2) is 11.1 Å². The second-order valence-electron chi connectivity index (χ2n) is 5.12. The standard InChI is InChI=1S/C18H15FN2O2/c19-13-5-1-4-12(10-13)11-20-18(23)21-16-8-2-7-15-14(16)6-3-9-17(15)22/h1-10,22H,11H2,(H2,20,21,23). The lowest BCUT2D eigenvalue weighted by molar-refractivity contribution is 0.251. The van der Waals surface area contributed by atoms with E-state index in [2.05, 4.69) is 10.6 Å². The number of phenols is 1. The zero-order valence-electron chi connectivity index (χ0n) is 12.2. The van der Waals surface area contributed by atoms with Crippen molar-refractivity contribution < 1.29 is 14.3 Å². The van der Waals surface area contributed by atoms with Crippen LogP contribution in [-0.2, 0) is 6.54 Å². The zero-order valence-corrected chi connectivity index (χ0v) is 12.2. The van der Waals surface area contributed by atoms with Gasteiger partial charge in [-0.2, -0.15) is 0 Å². The fraction of sp³-hybridized carbons (Fsp3) is 0.0556. The number of phenolic OH excluding ortho intramolecular Hbond substituents is 1. The SMILES string of the molecule is O=C(NCc1cccc(F)c1)Nc1cccc2c(O)cccc12. The van der Waals surface area contributed by atoms with Crippen LogP contribution in [0.4, 0.5) is 14.9 Å². The van der Waals surface area contributed by atoms with Gasteiger partial charge >= 0.3 is 6.03 Å². The second-order valence-corrected chi connectivity index (χ2v) is 5.12. The molecule has 116 valence electrons. The summed E-state index contributed by atoms with van der Waals surface area (Å²) in [4.78, 5) is 12.0. The predicted octanol–water partition coefficient (Wildman–Crippen LogP) is 4.01. The molecule has 3 rings (SSSR count). The minimum atomic E-state index is -0.398. The molecule has 0 aliphatic heterocycles. The maximum Gasteiger partial charge on any atom is 0.319 e. The molecule has 0 aliphatic rings. The number of carbonyl (C=O) groups excluding carboxylic acids is 1. The van der Waals surface area contributed by atoms with E-state index in [4.69, 9.17) is 0 Å². The number of aromatic hydroxyl groups is 1. The van der Waals surface area contributed by atoms with E-state index in [0.717, 1.165) is 5.39 Å². The van der Waals surface area contributed by atoms with Gasteiger partial charge in [0, 0.05) is 17.3 Å². The van der Waals surface area contributed by atoms with Crippen LogP contribution in [0.1, 0.15) is 5.56 Å². The fourth-order valence-electron chi connectivity index (χ4n) is 2.40. The monoisotopic (exact) mass is 310 g/mol. The minimum absolute atomic E-state index is 0.159. The Kier molecular flexibility index (Phi) is 4.10. The van der Waals surface area contributed by atoms with E-state index in [9.17, 15) is 14.3 Å². The predicted molar refractivity (Wildman–Crippen MR) is 87.9 cm³/mol. The molecule has 3 N–H and O–H groups in total. The Morgan fingerprint density at radius 1 is 1.00 bits per heavy atom. The Morgan fingerprint density at radius 2 is 1.74 bits per heavy atom. The van der Waals surface area contributed by atoms with Crippen LogP contribution < -0.4 is 10.6 Å². The second kappa shape index (κ2) is 6.36. The van der Waals surface area contributed by atoms with Gasteiger partial charge in [0.25, 0.3) is 0 Å². The van der Waals surface area contributed by atoms with Gasteiger partial charge in [0.15, 0.2) is 0 Å². The Hall–Kier alpha value is -3.08. The highest BCUT2D eigenvalue weighted by Gasteiger charge is 2.07. The fourth-order valence-corrected chi connectivity index (χ4v) is 2.40. The van der Waals surface area contributed by atoms with E-state index in [1.807, 2.05) is 6.07 Å². The number of carbonyl (C=O) groups is 1. The highest BCUT2D eigenvalue weighted by molar-refractivity contribution is 6.03. The van der Waals surface area contributed by atoms with Gasteiger partial charge in [0.2, 0.25) is 0 Å². The Morgan fingerprint density at radius 3 is 2.57 bits per heavy atom. The smallest absolute Gasteiger partial charge is 0.319 e. The van der Waals surface area contributed by atoms with Crippen molar-refractivity contribution in [2.24, 2.45) is 0 Å². The number of benzene rings is 3. The summed E-state index contributed by atoms with van der Waals surface area (Å²) in [6.07, 6.45) is 0. The number of halogens is 1. The van der Waals surface area contributed by atoms with Crippen molar-refractivity contribution in [2.75, 3.05) is 5.32 Å². The van der Waals surface area contributed by atoms with Crippen molar-refractivity contribution in [3.8, 4) is 5.75 Å². The summed E-state index contributed by atoms with van der Waals surface area (Å²) in [6.45, 7) is 0.222. The molecule has 0 unspecified atom stereocenters. The van der Waals surface area contributed by atoms with Gasteiger partial charge in [-0.1, -0.05) is 36.4 Å². The van der Waals surface area contributed by atoms with Crippen LogP contribution >= 0.6 is 0 Å². The van der Waals surface area contributed by atoms with Gasteiger partial charge < -0.3 is 15.7 Å². The molecule has 23 heavy (non-hydrogen) atoms. The number of nitrogens with one attached hydrogen (secondary N) is 2. The summed E-state index contributed by atoms with van der Waals surface area (Å²) in [6, 6.07) is 16.1. The van der Waals surface area contributed by atoms with E-state index >= 15 is 0 Å². The first-order valence-corrected chi connectivity index (χ1v) is 7.13. The molecule has 3 aromatic rings. The normalized spacial score (nSPS) is 10.5. The number of rotatable bonds is 3. The zero-order chi connectivity index (χ0) is 16.2. The average molecular weight is 310 g/mol. The molecule has 0 spiro atoms. The number of fused-ring (bicyclic) bond motifs is 1.